The number of aromatic nitrogens is 4. The van der Waals surface area contributed by atoms with Gasteiger partial charge in [-0.05, 0) is 25.0 Å². The Morgan fingerprint density at radius 1 is 1.10 bits per heavy atom. The van der Waals surface area contributed by atoms with E-state index in [-0.39, 0.29) is 11.8 Å². The van der Waals surface area contributed by atoms with Crippen LogP contribution in [0, 0.1) is 0 Å². The largest absolute Gasteiger partial charge is 0.497 e. The van der Waals surface area contributed by atoms with Crippen molar-refractivity contribution in [3.05, 3.63) is 66.6 Å². The molecule has 1 aliphatic heterocycles. The van der Waals surface area contributed by atoms with Gasteiger partial charge in [0.05, 0.1) is 13.3 Å². The fraction of sp³-hybridized carbons (Fsp3) is 0.286. The van der Waals surface area contributed by atoms with Crippen LogP contribution >= 0.6 is 0 Å². The predicted octanol–water partition coefficient (Wildman–Crippen LogP) is 3.09. The summed E-state index contributed by atoms with van der Waals surface area (Å²) in [6.45, 7) is 1.21. The number of carbonyl (C=O) groups excluding carboxylic acids is 1. The Bertz CT molecular complexity index is 983. The minimum Gasteiger partial charge on any atom is -0.497 e. The van der Waals surface area contributed by atoms with Gasteiger partial charge in [-0.2, -0.15) is 0 Å². The number of methoxy groups -OCH3 is 1. The van der Waals surface area contributed by atoms with E-state index < -0.39 is 0 Å². The number of carbonyl (C=O) groups is 1. The van der Waals surface area contributed by atoms with Gasteiger partial charge in [-0.25, -0.2) is 9.97 Å². The van der Waals surface area contributed by atoms with Gasteiger partial charge in [0.1, 0.15) is 22.9 Å². The average Bonchev–Trinajstić information content (AvgIpc) is 2.80. The number of ether oxygens (including phenoxy) is 2. The standard InChI is InChI=1S/C21H21N5O3/c1-28-16-5-2-6-17(12-16)29-20-19(24-9-10-25-20)15-4-3-11-26(14-15)21(27)18-13-22-7-8-23-18/h2,5-10,12-13,15H,3-4,11,14H2,1H3. The Kier molecular flexibility index (Phi) is 5.60. The molecule has 3 heterocycles. The van der Waals surface area contributed by atoms with Crippen molar-refractivity contribution in [1.82, 2.24) is 24.8 Å². The van der Waals surface area contributed by atoms with Gasteiger partial charge in [0.2, 0.25) is 5.88 Å². The van der Waals surface area contributed by atoms with E-state index in [4.69, 9.17) is 9.47 Å². The predicted molar refractivity (Wildman–Crippen MR) is 105 cm³/mol. The zero-order chi connectivity index (χ0) is 20.1. The van der Waals surface area contributed by atoms with Gasteiger partial charge in [0.15, 0.2) is 0 Å². The van der Waals surface area contributed by atoms with Crippen LogP contribution in [0.4, 0.5) is 0 Å². The lowest BCUT2D eigenvalue weighted by molar-refractivity contribution is 0.0698. The molecule has 1 amide bonds. The van der Waals surface area contributed by atoms with Gasteiger partial charge < -0.3 is 14.4 Å². The van der Waals surface area contributed by atoms with E-state index in [0.29, 0.717) is 36.2 Å². The Labute approximate surface area is 168 Å². The summed E-state index contributed by atoms with van der Waals surface area (Å²) in [7, 11) is 1.61. The monoisotopic (exact) mass is 391 g/mol. The fourth-order valence-electron chi connectivity index (χ4n) is 3.43. The second-order valence-electron chi connectivity index (χ2n) is 6.71. The van der Waals surface area contributed by atoms with E-state index >= 15 is 0 Å². The molecule has 3 aromatic rings. The van der Waals surface area contributed by atoms with E-state index in [0.717, 1.165) is 18.5 Å². The van der Waals surface area contributed by atoms with Crippen molar-refractivity contribution in [3.8, 4) is 17.4 Å². The summed E-state index contributed by atoms with van der Waals surface area (Å²) in [6, 6.07) is 7.34. The van der Waals surface area contributed by atoms with E-state index in [1.807, 2.05) is 18.2 Å². The second kappa shape index (κ2) is 8.64. The summed E-state index contributed by atoms with van der Waals surface area (Å²) >= 11 is 0. The molecule has 1 saturated heterocycles. The third-order valence-corrected chi connectivity index (χ3v) is 4.82. The molecule has 0 bridgehead atoms. The minimum absolute atomic E-state index is 0.0266. The molecule has 29 heavy (non-hydrogen) atoms. The lowest BCUT2D eigenvalue weighted by atomic mass is 9.94. The zero-order valence-corrected chi connectivity index (χ0v) is 16.1. The first-order chi connectivity index (χ1) is 14.2. The van der Waals surface area contributed by atoms with Gasteiger partial charge in [0, 0.05) is 49.9 Å². The minimum atomic E-state index is -0.123. The second-order valence-corrected chi connectivity index (χ2v) is 6.71. The van der Waals surface area contributed by atoms with Crippen LogP contribution in [-0.2, 0) is 0 Å². The number of hydrogen-bond acceptors (Lipinski definition) is 7. The molecule has 8 nitrogen and oxygen atoms in total. The van der Waals surface area contributed by atoms with Crippen molar-refractivity contribution >= 4 is 5.91 Å². The van der Waals surface area contributed by atoms with Crippen LogP contribution in [0.1, 0.15) is 34.9 Å². The highest BCUT2D eigenvalue weighted by Crippen LogP contribution is 2.33. The molecule has 8 heteroatoms. The molecular weight excluding hydrogens is 370 g/mol. The highest BCUT2D eigenvalue weighted by molar-refractivity contribution is 5.92. The molecule has 0 saturated carbocycles. The molecule has 148 valence electrons. The summed E-state index contributed by atoms with van der Waals surface area (Å²) in [6.07, 6.45) is 9.59. The molecule has 1 fully saturated rings. The maximum atomic E-state index is 12.8. The Hall–Kier alpha value is -3.55. The van der Waals surface area contributed by atoms with E-state index in [1.165, 1.54) is 12.4 Å². The number of benzene rings is 1. The number of likely N-dealkylation sites (tertiary alicyclic amines) is 1. The van der Waals surface area contributed by atoms with Crippen LogP contribution < -0.4 is 9.47 Å². The topological polar surface area (TPSA) is 90.3 Å². The van der Waals surface area contributed by atoms with Gasteiger partial charge in [-0.3, -0.25) is 14.8 Å². The van der Waals surface area contributed by atoms with Crippen LogP contribution in [0.2, 0.25) is 0 Å². The molecule has 0 N–H and O–H groups in total. The van der Waals surface area contributed by atoms with E-state index in [9.17, 15) is 4.79 Å². The van der Waals surface area contributed by atoms with Crippen LogP contribution in [0.5, 0.6) is 17.4 Å². The molecule has 1 atom stereocenters. The van der Waals surface area contributed by atoms with E-state index in [1.54, 1.807) is 36.7 Å². The Morgan fingerprint density at radius 2 is 1.93 bits per heavy atom. The van der Waals surface area contributed by atoms with Crippen LogP contribution in [0.15, 0.2) is 55.2 Å². The van der Waals surface area contributed by atoms with Gasteiger partial charge in [-0.15, -0.1) is 0 Å². The lowest BCUT2D eigenvalue weighted by Crippen LogP contribution is -2.39. The smallest absolute Gasteiger partial charge is 0.274 e. The highest BCUT2D eigenvalue weighted by Gasteiger charge is 2.29. The molecular formula is C21H21N5O3. The fourth-order valence-corrected chi connectivity index (χ4v) is 3.43. The molecule has 0 spiro atoms. The maximum absolute atomic E-state index is 12.8. The zero-order valence-electron chi connectivity index (χ0n) is 16.1. The Morgan fingerprint density at radius 3 is 2.76 bits per heavy atom. The molecule has 0 aliphatic carbocycles. The van der Waals surface area contributed by atoms with Gasteiger partial charge in [-0.1, -0.05) is 6.07 Å². The van der Waals surface area contributed by atoms with Crippen molar-refractivity contribution in [3.63, 3.8) is 0 Å². The van der Waals surface area contributed by atoms with Crippen molar-refractivity contribution in [1.29, 1.82) is 0 Å². The molecule has 1 aromatic carbocycles. The van der Waals surface area contributed by atoms with Crippen LogP contribution in [0.25, 0.3) is 0 Å². The molecule has 1 unspecified atom stereocenters. The third-order valence-electron chi connectivity index (χ3n) is 4.82. The van der Waals surface area contributed by atoms with Crippen molar-refractivity contribution in [2.75, 3.05) is 20.2 Å². The molecule has 4 rings (SSSR count). The van der Waals surface area contributed by atoms with E-state index in [2.05, 4.69) is 19.9 Å². The highest BCUT2D eigenvalue weighted by atomic mass is 16.5. The molecule has 1 aliphatic rings. The van der Waals surface area contributed by atoms with Crippen molar-refractivity contribution in [2.45, 2.75) is 18.8 Å². The molecule has 2 aromatic heterocycles. The van der Waals surface area contributed by atoms with Crippen LogP contribution in [0.3, 0.4) is 0 Å². The third kappa shape index (κ3) is 4.31. The SMILES string of the molecule is COc1cccc(Oc2nccnc2C2CCCN(C(=O)c3cnccn3)C2)c1. The average molecular weight is 391 g/mol. The first kappa shape index (κ1) is 18.8. The van der Waals surface area contributed by atoms with Crippen LogP contribution in [-0.4, -0.2) is 50.9 Å². The number of hydrogen-bond donors (Lipinski definition) is 0. The number of nitrogens with zero attached hydrogens (tertiary/aromatic N) is 5. The number of rotatable bonds is 5. The number of amides is 1. The summed E-state index contributed by atoms with van der Waals surface area (Å²) in [4.78, 5) is 31.6. The van der Waals surface area contributed by atoms with Gasteiger partial charge >= 0.3 is 0 Å². The summed E-state index contributed by atoms with van der Waals surface area (Å²) in [5.41, 5.74) is 1.09. The first-order valence-corrected chi connectivity index (χ1v) is 9.42. The van der Waals surface area contributed by atoms with Crippen molar-refractivity contribution in [2.24, 2.45) is 0 Å². The first-order valence-electron chi connectivity index (χ1n) is 9.42. The Balaban J connectivity index is 1.54. The summed E-state index contributed by atoms with van der Waals surface area (Å²) in [5.74, 6) is 1.67. The molecule has 0 radical (unpaired) electrons. The summed E-state index contributed by atoms with van der Waals surface area (Å²) < 4.78 is 11.3. The lowest BCUT2D eigenvalue weighted by Gasteiger charge is -2.32. The van der Waals surface area contributed by atoms with Gasteiger partial charge in [0.25, 0.3) is 5.91 Å². The number of piperidine rings is 1. The normalized spacial score (nSPS) is 16.3. The summed E-state index contributed by atoms with van der Waals surface area (Å²) in [5, 5.41) is 0. The maximum Gasteiger partial charge on any atom is 0.274 e. The van der Waals surface area contributed by atoms with Crippen molar-refractivity contribution < 1.29 is 14.3 Å². The quantitative estimate of drug-likeness (QED) is 0.660.